The van der Waals surface area contributed by atoms with E-state index in [1.807, 2.05) is 11.3 Å². The van der Waals surface area contributed by atoms with Crippen LogP contribution in [0.1, 0.15) is 36.8 Å². The van der Waals surface area contributed by atoms with Crippen molar-refractivity contribution in [1.29, 1.82) is 0 Å². The summed E-state index contributed by atoms with van der Waals surface area (Å²) in [6, 6.07) is 0.722. The van der Waals surface area contributed by atoms with E-state index in [0.29, 0.717) is 0 Å². The van der Waals surface area contributed by atoms with Crippen LogP contribution >= 0.6 is 11.3 Å². The van der Waals surface area contributed by atoms with Crippen LogP contribution in [0.4, 0.5) is 5.13 Å². The molecule has 0 radical (unpaired) electrons. The Hall–Kier alpha value is -0.610. The van der Waals surface area contributed by atoms with Gasteiger partial charge in [0.05, 0.1) is 5.69 Å². The maximum atomic E-state index is 4.71. The third-order valence-electron chi connectivity index (χ3n) is 3.26. The monoisotopic (exact) mass is 237 g/mol. The van der Waals surface area contributed by atoms with Crippen LogP contribution in [0.5, 0.6) is 0 Å². The molecule has 0 spiro atoms. The van der Waals surface area contributed by atoms with E-state index in [9.17, 15) is 0 Å². The average Bonchev–Trinajstić information content (AvgIpc) is 2.97. The molecule has 1 aliphatic heterocycles. The lowest BCUT2D eigenvalue weighted by atomic mass is 10.2. The smallest absolute Gasteiger partial charge is 0.183 e. The highest BCUT2D eigenvalue weighted by molar-refractivity contribution is 7.15. The normalized spacial score (nSPS) is 20.8. The van der Waals surface area contributed by atoms with Crippen LogP contribution in [0.25, 0.3) is 0 Å². The molecule has 1 aliphatic carbocycles. The summed E-state index contributed by atoms with van der Waals surface area (Å²) < 4.78 is 0. The van der Waals surface area contributed by atoms with Gasteiger partial charge in [-0.05, 0) is 25.8 Å². The minimum absolute atomic E-state index is 0.722. The van der Waals surface area contributed by atoms with E-state index in [2.05, 4.69) is 17.1 Å². The number of rotatable bonds is 4. The summed E-state index contributed by atoms with van der Waals surface area (Å²) in [5.74, 6) is 0. The average molecular weight is 237 g/mol. The Labute approximate surface area is 101 Å². The molecule has 1 aromatic rings. The highest BCUT2D eigenvalue weighted by Crippen LogP contribution is 2.32. The summed E-state index contributed by atoms with van der Waals surface area (Å²) in [5, 5.41) is 4.67. The van der Waals surface area contributed by atoms with Gasteiger partial charge in [0.2, 0.25) is 0 Å². The summed E-state index contributed by atoms with van der Waals surface area (Å²) in [6.45, 7) is 5.78. The van der Waals surface area contributed by atoms with Crippen molar-refractivity contribution >= 4 is 16.5 Å². The van der Waals surface area contributed by atoms with E-state index in [1.54, 1.807) is 0 Å². The second-order valence-corrected chi connectivity index (χ2v) is 5.92. The predicted molar refractivity (Wildman–Crippen MR) is 68.0 cm³/mol. The maximum absolute atomic E-state index is 4.71. The Morgan fingerprint density at radius 2 is 2.38 bits per heavy atom. The second kappa shape index (κ2) is 4.34. The van der Waals surface area contributed by atoms with Gasteiger partial charge in [-0.15, -0.1) is 11.3 Å². The van der Waals surface area contributed by atoms with Gasteiger partial charge in [-0.25, -0.2) is 4.98 Å². The van der Waals surface area contributed by atoms with Crippen LogP contribution in [0.15, 0.2) is 0 Å². The van der Waals surface area contributed by atoms with Crippen LogP contribution < -0.4 is 5.32 Å². The molecule has 1 aromatic heterocycles. The molecule has 16 heavy (non-hydrogen) atoms. The summed E-state index contributed by atoms with van der Waals surface area (Å²) in [6.07, 6.45) is 5.04. The number of nitrogens with zero attached hydrogens (tertiary/aromatic N) is 2. The zero-order chi connectivity index (χ0) is 11.0. The molecule has 3 nitrogen and oxygen atoms in total. The molecule has 88 valence electrons. The third kappa shape index (κ3) is 2.23. The zero-order valence-corrected chi connectivity index (χ0v) is 10.6. The maximum Gasteiger partial charge on any atom is 0.183 e. The Morgan fingerprint density at radius 3 is 3.12 bits per heavy atom. The molecule has 0 amide bonds. The quantitative estimate of drug-likeness (QED) is 0.872. The molecular weight excluding hydrogens is 218 g/mol. The minimum atomic E-state index is 0.722. The number of nitrogens with one attached hydrogen (secondary N) is 1. The van der Waals surface area contributed by atoms with Crippen molar-refractivity contribution in [2.24, 2.45) is 0 Å². The number of fused-ring (bicyclic) bond motifs is 1. The van der Waals surface area contributed by atoms with Crippen LogP contribution in [0.3, 0.4) is 0 Å². The minimum Gasteiger partial charge on any atom is -0.359 e. The van der Waals surface area contributed by atoms with Gasteiger partial charge in [-0.1, -0.05) is 6.92 Å². The number of hydrogen-bond acceptors (Lipinski definition) is 4. The number of thiazole rings is 1. The summed E-state index contributed by atoms with van der Waals surface area (Å²) >= 11 is 1.87. The van der Waals surface area contributed by atoms with Crippen molar-refractivity contribution in [3.63, 3.8) is 0 Å². The van der Waals surface area contributed by atoms with Gasteiger partial charge in [0.15, 0.2) is 5.13 Å². The molecule has 2 aliphatic rings. The van der Waals surface area contributed by atoms with E-state index in [0.717, 1.165) is 24.1 Å². The molecule has 0 unspecified atom stereocenters. The summed E-state index contributed by atoms with van der Waals surface area (Å²) in [4.78, 5) is 8.74. The van der Waals surface area contributed by atoms with Crippen molar-refractivity contribution in [2.75, 3.05) is 18.4 Å². The molecule has 4 heteroatoms. The number of aromatic nitrogens is 1. The number of hydrogen-bond donors (Lipinski definition) is 1. The zero-order valence-electron chi connectivity index (χ0n) is 9.83. The van der Waals surface area contributed by atoms with E-state index >= 15 is 0 Å². The van der Waals surface area contributed by atoms with Crippen LogP contribution in [0.2, 0.25) is 0 Å². The molecule has 2 heterocycles. The second-order valence-electron chi connectivity index (χ2n) is 4.83. The van der Waals surface area contributed by atoms with Crippen molar-refractivity contribution in [1.82, 2.24) is 9.88 Å². The molecule has 1 saturated carbocycles. The van der Waals surface area contributed by atoms with E-state index < -0.39 is 0 Å². The predicted octanol–water partition coefficient (Wildman–Crippen LogP) is 2.49. The highest BCUT2D eigenvalue weighted by Gasteiger charge is 2.25. The van der Waals surface area contributed by atoms with E-state index in [4.69, 9.17) is 4.98 Å². The van der Waals surface area contributed by atoms with Gasteiger partial charge in [0, 0.05) is 30.4 Å². The van der Waals surface area contributed by atoms with Gasteiger partial charge >= 0.3 is 0 Å². The standard InChI is InChI=1S/C12H19N3S/c1-2-6-15-7-5-10-11(8-15)16-12(14-10)13-9-3-4-9/h9H,2-8H2,1H3,(H,13,14). The molecule has 0 atom stereocenters. The Kier molecular flexibility index (Phi) is 2.86. The SMILES string of the molecule is CCCN1CCc2nc(NC3CC3)sc2C1. The van der Waals surface area contributed by atoms with Crippen molar-refractivity contribution in [3.05, 3.63) is 10.6 Å². The molecule has 1 N–H and O–H groups in total. The number of anilines is 1. The summed E-state index contributed by atoms with van der Waals surface area (Å²) in [7, 11) is 0. The first kappa shape index (κ1) is 10.5. The summed E-state index contributed by atoms with van der Waals surface area (Å²) in [5.41, 5.74) is 1.35. The first-order valence-electron chi connectivity index (χ1n) is 6.32. The van der Waals surface area contributed by atoms with Gasteiger partial charge < -0.3 is 5.32 Å². The third-order valence-corrected chi connectivity index (χ3v) is 4.27. The van der Waals surface area contributed by atoms with Gasteiger partial charge in [-0.2, -0.15) is 0 Å². The fourth-order valence-electron chi connectivity index (χ4n) is 2.22. The van der Waals surface area contributed by atoms with Crippen LogP contribution in [0, 0.1) is 0 Å². The lowest BCUT2D eigenvalue weighted by molar-refractivity contribution is 0.256. The lowest BCUT2D eigenvalue weighted by Crippen LogP contribution is -2.30. The Morgan fingerprint density at radius 1 is 1.50 bits per heavy atom. The largest absolute Gasteiger partial charge is 0.359 e. The molecule has 1 fully saturated rings. The van der Waals surface area contributed by atoms with Gasteiger partial charge in [0.25, 0.3) is 0 Å². The molecule has 0 saturated heterocycles. The first-order chi connectivity index (χ1) is 7.85. The van der Waals surface area contributed by atoms with Crippen molar-refractivity contribution < 1.29 is 0 Å². The fourth-order valence-corrected chi connectivity index (χ4v) is 3.35. The van der Waals surface area contributed by atoms with Gasteiger partial charge in [-0.3, -0.25) is 4.90 Å². The van der Waals surface area contributed by atoms with Crippen molar-refractivity contribution in [2.45, 2.75) is 45.2 Å². The molecular formula is C12H19N3S. The van der Waals surface area contributed by atoms with E-state index in [1.165, 1.54) is 42.9 Å². The molecule has 3 rings (SSSR count). The lowest BCUT2D eigenvalue weighted by Gasteiger charge is -2.24. The first-order valence-corrected chi connectivity index (χ1v) is 7.14. The fraction of sp³-hybridized carbons (Fsp3) is 0.750. The Bertz CT molecular complexity index is 370. The van der Waals surface area contributed by atoms with Crippen LogP contribution in [-0.4, -0.2) is 29.0 Å². The Balaban J connectivity index is 1.69. The highest BCUT2D eigenvalue weighted by atomic mass is 32.1. The van der Waals surface area contributed by atoms with E-state index in [-0.39, 0.29) is 0 Å². The molecule has 0 aromatic carbocycles. The topological polar surface area (TPSA) is 28.2 Å². The van der Waals surface area contributed by atoms with Crippen LogP contribution in [-0.2, 0) is 13.0 Å². The van der Waals surface area contributed by atoms with Crippen molar-refractivity contribution in [3.8, 4) is 0 Å². The molecule has 0 bridgehead atoms. The van der Waals surface area contributed by atoms with Gasteiger partial charge in [0.1, 0.15) is 0 Å².